The second kappa shape index (κ2) is 16.4. The lowest BCUT2D eigenvalue weighted by molar-refractivity contribution is -0.138. The van der Waals surface area contributed by atoms with Crippen LogP contribution in [0.3, 0.4) is 0 Å². The molecule has 6 heteroatoms. The number of rotatable bonds is 13. The number of carboxylic acid groups (broad SMARTS) is 1. The minimum Gasteiger partial charge on any atom is -0.480 e. The van der Waals surface area contributed by atoms with Crippen LogP contribution >= 0.6 is 0 Å². The van der Waals surface area contributed by atoms with Crippen molar-refractivity contribution in [2.45, 2.75) is 104 Å². The van der Waals surface area contributed by atoms with Crippen LogP contribution in [0.15, 0.2) is 0 Å². The molecule has 0 bridgehead atoms. The SMILES string of the molecule is CCC.CCCCCCCCCCCCc1nnn(CC(=O)O)n1. The molecule has 0 aromatic carbocycles. The van der Waals surface area contributed by atoms with Crippen LogP contribution in [0.4, 0.5) is 0 Å². The Kier molecular flexibility index (Phi) is 15.4. The van der Waals surface area contributed by atoms with Gasteiger partial charge in [0, 0.05) is 6.42 Å². The molecule has 0 saturated carbocycles. The largest absolute Gasteiger partial charge is 0.480 e. The molecule has 0 amide bonds. The fourth-order valence-electron chi connectivity index (χ4n) is 2.34. The first-order valence-corrected chi connectivity index (χ1v) is 9.62. The van der Waals surface area contributed by atoms with Crippen LogP contribution in [-0.2, 0) is 17.8 Å². The number of nitrogens with zero attached hydrogens (tertiary/aromatic N) is 4. The molecule has 140 valence electrons. The van der Waals surface area contributed by atoms with Crippen molar-refractivity contribution in [3.8, 4) is 0 Å². The van der Waals surface area contributed by atoms with Gasteiger partial charge in [-0.1, -0.05) is 85.0 Å². The highest BCUT2D eigenvalue weighted by atomic mass is 16.4. The van der Waals surface area contributed by atoms with E-state index in [-0.39, 0.29) is 6.54 Å². The molecule has 0 spiro atoms. The van der Waals surface area contributed by atoms with Crippen molar-refractivity contribution in [2.24, 2.45) is 0 Å². The van der Waals surface area contributed by atoms with Gasteiger partial charge in [-0.25, -0.2) is 0 Å². The Morgan fingerprint density at radius 1 is 0.917 bits per heavy atom. The topological polar surface area (TPSA) is 80.9 Å². The van der Waals surface area contributed by atoms with E-state index in [1.807, 2.05) is 0 Å². The molecule has 0 unspecified atom stereocenters. The van der Waals surface area contributed by atoms with Gasteiger partial charge < -0.3 is 5.11 Å². The van der Waals surface area contributed by atoms with Gasteiger partial charge in [-0.05, 0) is 11.6 Å². The lowest BCUT2D eigenvalue weighted by Gasteiger charge is -2.01. The summed E-state index contributed by atoms with van der Waals surface area (Å²) in [5.41, 5.74) is 0. The monoisotopic (exact) mass is 340 g/mol. The summed E-state index contributed by atoms with van der Waals surface area (Å²) in [6, 6.07) is 0. The Labute approximate surface area is 147 Å². The van der Waals surface area contributed by atoms with Crippen LogP contribution in [0.1, 0.15) is 97.2 Å². The molecule has 0 aliphatic rings. The summed E-state index contributed by atoms with van der Waals surface area (Å²) in [6.45, 7) is 6.28. The zero-order chi connectivity index (χ0) is 18.0. The summed E-state index contributed by atoms with van der Waals surface area (Å²) >= 11 is 0. The number of carboxylic acids is 1. The molecule has 1 aromatic heterocycles. The molecule has 0 radical (unpaired) electrons. The number of hydrogen-bond acceptors (Lipinski definition) is 4. The van der Waals surface area contributed by atoms with E-state index in [2.05, 4.69) is 36.2 Å². The highest BCUT2D eigenvalue weighted by molar-refractivity contribution is 5.66. The van der Waals surface area contributed by atoms with Gasteiger partial charge in [-0.3, -0.25) is 4.79 Å². The molecule has 0 saturated heterocycles. The van der Waals surface area contributed by atoms with E-state index in [9.17, 15) is 4.79 Å². The molecule has 1 aromatic rings. The van der Waals surface area contributed by atoms with Crippen LogP contribution in [0, 0.1) is 0 Å². The molecule has 1 rings (SSSR count). The fourth-order valence-corrected chi connectivity index (χ4v) is 2.34. The Balaban J connectivity index is 0.00000163. The van der Waals surface area contributed by atoms with Crippen molar-refractivity contribution in [2.75, 3.05) is 0 Å². The van der Waals surface area contributed by atoms with Crippen LogP contribution in [0.5, 0.6) is 0 Å². The minimum absolute atomic E-state index is 0.217. The van der Waals surface area contributed by atoms with Gasteiger partial charge in [0.1, 0.15) is 0 Å². The molecular formula is C18H36N4O2. The molecule has 24 heavy (non-hydrogen) atoms. The number of hydrogen-bond donors (Lipinski definition) is 1. The van der Waals surface area contributed by atoms with Crippen molar-refractivity contribution in [3.63, 3.8) is 0 Å². The Morgan fingerprint density at radius 3 is 1.92 bits per heavy atom. The normalized spacial score (nSPS) is 10.3. The Hall–Kier alpha value is -1.46. The first-order valence-electron chi connectivity index (χ1n) is 9.62. The lowest BCUT2D eigenvalue weighted by Crippen LogP contribution is -2.11. The molecule has 1 heterocycles. The van der Waals surface area contributed by atoms with E-state index in [1.165, 1.54) is 64.2 Å². The van der Waals surface area contributed by atoms with E-state index in [0.29, 0.717) is 5.82 Å². The Morgan fingerprint density at radius 2 is 1.42 bits per heavy atom. The third-order valence-corrected chi connectivity index (χ3v) is 3.52. The van der Waals surface area contributed by atoms with Crippen molar-refractivity contribution >= 4 is 5.97 Å². The minimum atomic E-state index is -0.946. The predicted molar refractivity (Wildman–Crippen MR) is 97.0 cm³/mol. The third-order valence-electron chi connectivity index (χ3n) is 3.52. The van der Waals surface area contributed by atoms with Gasteiger partial charge in [0.05, 0.1) is 0 Å². The highest BCUT2D eigenvalue weighted by Crippen LogP contribution is 2.11. The van der Waals surface area contributed by atoms with Crippen molar-refractivity contribution < 1.29 is 9.90 Å². The number of aryl methyl sites for hydroxylation is 1. The van der Waals surface area contributed by atoms with Crippen LogP contribution < -0.4 is 0 Å². The highest BCUT2D eigenvalue weighted by Gasteiger charge is 2.05. The van der Waals surface area contributed by atoms with E-state index in [4.69, 9.17) is 5.11 Å². The van der Waals surface area contributed by atoms with E-state index in [1.54, 1.807) is 0 Å². The quantitative estimate of drug-likeness (QED) is 0.529. The molecule has 1 N–H and O–H groups in total. The van der Waals surface area contributed by atoms with Gasteiger partial charge in [0.2, 0.25) is 0 Å². The van der Waals surface area contributed by atoms with Crippen LogP contribution in [-0.4, -0.2) is 31.3 Å². The molecule has 0 atom stereocenters. The van der Waals surface area contributed by atoms with E-state index < -0.39 is 5.97 Å². The number of unbranched alkanes of at least 4 members (excludes halogenated alkanes) is 9. The number of aliphatic carboxylic acids is 1. The first-order chi connectivity index (χ1) is 11.6. The average Bonchev–Trinajstić information content (AvgIpc) is 2.96. The van der Waals surface area contributed by atoms with Gasteiger partial charge in [-0.2, -0.15) is 4.80 Å². The Bertz CT molecular complexity index is 407. The molecular weight excluding hydrogens is 304 g/mol. The zero-order valence-corrected chi connectivity index (χ0v) is 15.8. The molecule has 0 aliphatic heterocycles. The number of tetrazole rings is 1. The number of aromatic nitrogens is 4. The molecule has 0 fully saturated rings. The average molecular weight is 341 g/mol. The second-order valence-corrected chi connectivity index (χ2v) is 6.27. The number of carbonyl (C=O) groups is 1. The zero-order valence-electron chi connectivity index (χ0n) is 15.8. The maximum Gasteiger partial charge on any atom is 0.327 e. The van der Waals surface area contributed by atoms with Crippen LogP contribution in [0.2, 0.25) is 0 Å². The fraction of sp³-hybridized carbons (Fsp3) is 0.889. The van der Waals surface area contributed by atoms with Crippen molar-refractivity contribution in [1.29, 1.82) is 0 Å². The third kappa shape index (κ3) is 14.2. The van der Waals surface area contributed by atoms with Crippen LogP contribution in [0.25, 0.3) is 0 Å². The lowest BCUT2D eigenvalue weighted by atomic mass is 10.1. The first kappa shape index (κ1) is 22.5. The summed E-state index contributed by atoms with van der Waals surface area (Å²) in [6.07, 6.45) is 15.0. The molecule has 0 aliphatic carbocycles. The summed E-state index contributed by atoms with van der Waals surface area (Å²) in [7, 11) is 0. The standard InChI is InChI=1S/C15H28N4O2.C3H8/c1-2-3-4-5-6-7-8-9-10-11-12-14-16-18-19(17-14)13-15(20)21;1-3-2/h2-13H2,1H3,(H,20,21);3H2,1-2H3. The second-order valence-electron chi connectivity index (χ2n) is 6.27. The maximum absolute atomic E-state index is 10.5. The summed E-state index contributed by atoms with van der Waals surface area (Å²) in [5.74, 6) is -0.297. The van der Waals surface area contributed by atoms with Gasteiger partial charge in [0.25, 0.3) is 0 Å². The van der Waals surface area contributed by atoms with E-state index in [0.717, 1.165) is 17.6 Å². The molecule has 6 nitrogen and oxygen atoms in total. The smallest absolute Gasteiger partial charge is 0.327 e. The maximum atomic E-state index is 10.5. The van der Waals surface area contributed by atoms with E-state index >= 15 is 0 Å². The van der Waals surface area contributed by atoms with Crippen molar-refractivity contribution in [3.05, 3.63) is 5.82 Å². The predicted octanol–water partition coefficient (Wildman–Crippen LogP) is 4.64. The summed E-state index contributed by atoms with van der Waals surface area (Å²) in [5, 5.41) is 20.2. The van der Waals surface area contributed by atoms with Gasteiger partial charge >= 0.3 is 5.97 Å². The summed E-state index contributed by atoms with van der Waals surface area (Å²) < 4.78 is 0. The van der Waals surface area contributed by atoms with Gasteiger partial charge in [0.15, 0.2) is 12.4 Å². The van der Waals surface area contributed by atoms with Gasteiger partial charge in [-0.15, -0.1) is 10.2 Å². The van der Waals surface area contributed by atoms with Crippen molar-refractivity contribution in [1.82, 2.24) is 20.2 Å². The summed E-state index contributed by atoms with van der Waals surface area (Å²) in [4.78, 5) is 11.6.